The fraction of sp³-hybridized carbons (Fsp3) is 0.524. The maximum absolute atomic E-state index is 12.9. The van der Waals surface area contributed by atoms with Gasteiger partial charge in [0.05, 0.1) is 11.1 Å². The number of hydrogen-bond acceptors (Lipinski definition) is 4. The zero-order valence-corrected chi connectivity index (χ0v) is 17.5. The average Bonchev–Trinajstić information content (AvgIpc) is 2.98. The summed E-state index contributed by atoms with van der Waals surface area (Å²) < 4.78 is 0. The molecule has 0 atom stereocenters. The van der Waals surface area contributed by atoms with Crippen LogP contribution in [-0.2, 0) is 0 Å². The van der Waals surface area contributed by atoms with E-state index in [9.17, 15) is 19.2 Å². The smallest absolute Gasteiger partial charge is 0.320 e. The molecule has 1 saturated heterocycles. The zero-order valence-electron chi connectivity index (χ0n) is 17.5. The summed E-state index contributed by atoms with van der Waals surface area (Å²) in [5.41, 5.74) is 1.01. The van der Waals surface area contributed by atoms with E-state index < -0.39 is 0 Å². The highest BCUT2D eigenvalue weighted by atomic mass is 16.2. The molecule has 5 amide bonds. The molecule has 8 heteroatoms. The summed E-state index contributed by atoms with van der Waals surface area (Å²) in [4.78, 5) is 56.8. The van der Waals surface area contributed by atoms with E-state index in [-0.39, 0.29) is 35.4 Å². The summed E-state index contributed by atoms with van der Waals surface area (Å²) in [6, 6.07) is 4.44. The molecule has 156 valence electrons. The molecule has 0 aliphatic carbocycles. The van der Waals surface area contributed by atoms with Gasteiger partial charge in [-0.1, -0.05) is 0 Å². The lowest BCUT2D eigenvalue weighted by Crippen LogP contribution is -2.54. The summed E-state index contributed by atoms with van der Waals surface area (Å²) in [6.07, 6.45) is 0. The van der Waals surface area contributed by atoms with Gasteiger partial charge in [-0.05, 0) is 45.9 Å². The first-order chi connectivity index (χ1) is 13.8. The minimum Gasteiger partial charge on any atom is -0.335 e. The van der Waals surface area contributed by atoms with E-state index >= 15 is 0 Å². The zero-order chi connectivity index (χ0) is 21.3. The van der Waals surface area contributed by atoms with Crippen molar-refractivity contribution in [3.05, 3.63) is 34.9 Å². The SMILES string of the molecule is CCN(CC)C(=O)N1CCN(C(=O)c2ccc3c(c2)C(=O)N(C(C)C)C3=O)CC1. The third-order valence-electron chi connectivity index (χ3n) is 5.55. The van der Waals surface area contributed by atoms with E-state index in [2.05, 4.69) is 0 Å². The quantitative estimate of drug-likeness (QED) is 0.723. The summed E-state index contributed by atoms with van der Waals surface area (Å²) in [5, 5.41) is 0. The normalized spacial score (nSPS) is 16.5. The van der Waals surface area contributed by atoms with E-state index in [1.54, 1.807) is 40.7 Å². The molecule has 0 saturated carbocycles. The van der Waals surface area contributed by atoms with E-state index in [0.29, 0.717) is 50.4 Å². The molecular formula is C21H28N4O4. The number of carbonyl (C=O) groups is 4. The topological polar surface area (TPSA) is 81.2 Å². The van der Waals surface area contributed by atoms with Gasteiger partial charge in [-0.3, -0.25) is 19.3 Å². The third kappa shape index (κ3) is 3.71. The summed E-state index contributed by atoms with van der Waals surface area (Å²) in [7, 11) is 0. The van der Waals surface area contributed by atoms with E-state index in [1.165, 1.54) is 11.0 Å². The molecule has 2 aliphatic rings. The number of hydrogen-bond donors (Lipinski definition) is 0. The predicted molar refractivity (Wildman–Crippen MR) is 108 cm³/mol. The lowest BCUT2D eigenvalue weighted by Gasteiger charge is -2.37. The molecule has 0 spiro atoms. The van der Waals surface area contributed by atoms with Crippen molar-refractivity contribution in [2.24, 2.45) is 0 Å². The van der Waals surface area contributed by atoms with Crippen molar-refractivity contribution < 1.29 is 19.2 Å². The molecule has 0 aromatic heterocycles. The largest absolute Gasteiger partial charge is 0.335 e. The molecule has 1 aromatic rings. The van der Waals surface area contributed by atoms with Crippen LogP contribution in [0.1, 0.15) is 58.8 Å². The van der Waals surface area contributed by atoms with Crippen LogP contribution in [0.2, 0.25) is 0 Å². The molecule has 3 rings (SSSR count). The number of nitrogens with zero attached hydrogens (tertiary/aromatic N) is 4. The lowest BCUT2D eigenvalue weighted by molar-refractivity contribution is 0.0608. The van der Waals surface area contributed by atoms with Crippen molar-refractivity contribution >= 4 is 23.8 Å². The molecule has 1 aromatic carbocycles. The fourth-order valence-electron chi connectivity index (χ4n) is 3.84. The predicted octanol–water partition coefficient (Wildman–Crippen LogP) is 1.91. The van der Waals surface area contributed by atoms with Crippen LogP contribution in [0.4, 0.5) is 4.79 Å². The minimum atomic E-state index is -0.357. The van der Waals surface area contributed by atoms with Crippen LogP contribution in [0.15, 0.2) is 18.2 Å². The number of benzene rings is 1. The van der Waals surface area contributed by atoms with Gasteiger partial charge in [0.25, 0.3) is 17.7 Å². The van der Waals surface area contributed by atoms with Crippen molar-refractivity contribution in [3.63, 3.8) is 0 Å². The van der Waals surface area contributed by atoms with Gasteiger partial charge < -0.3 is 14.7 Å². The van der Waals surface area contributed by atoms with Crippen LogP contribution in [-0.4, -0.2) is 88.7 Å². The Balaban J connectivity index is 1.70. The highest BCUT2D eigenvalue weighted by molar-refractivity contribution is 6.22. The molecule has 0 radical (unpaired) electrons. The molecule has 29 heavy (non-hydrogen) atoms. The Labute approximate surface area is 171 Å². The molecular weight excluding hydrogens is 372 g/mol. The van der Waals surface area contributed by atoms with E-state index in [0.717, 1.165) is 0 Å². The van der Waals surface area contributed by atoms with Crippen molar-refractivity contribution in [2.45, 2.75) is 33.7 Å². The van der Waals surface area contributed by atoms with Gasteiger partial charge in [0.1, 0.15) is 0 Å². The first kappa shape index (κ1) is 20.8. The number of urea groups is 1. The second-order valence-corrected chi connectivity index (χ2v) is 7.57. The van der Waals surface area contributed by atoms with Crippen molar-refractivity contribution in [1.82, 2.24) is 19.6 Å². The minimum absolute atomic E-state index is 0.00230. The summed E-state index contributed by atoms with van der Waals surface area (Å²) in [6.45, 7) is 10.6. The number of piperazine rings is 1. The van der Waals surface area contributed by atoms with Crippen LogP contribution >= 0.6 is 0 Å². The second-order valence-electron chi connectivity index (χ2n) is 7.57. The fourth-order valence-corrected chi connectivity index (χ4v) is 3.84. The first-order valence-electron chi connectivity index (χ1n) is 10.1. The van der Waals surface area contributed by atoms with Gasteiger partial charge in [-0.25, -0.2) is 4.79 Å². The lowest BCUT2D eigenvalue weighted by atomic mass is 10.0. The number of imide groups is 1. The van der Waals surface area contributed by atoms with Crippen LogP contribution in [0.3, 0.4) is 0 Å². The van der Waals surface area contributed by atoms with Crippen molar-refractivity contribution in [1.29, 1.82) is 0 Å². The first-order valence-corrected chi connectivity index (χ1v) is 10.1. The number of rotatable bonds is 4. The Hall–Kier alpha value is -2.90. The van der Waals surface area contributed by atoms with Crippen LogP contribution < -0.4 is 0 Å². The second kappa shape index (κ2) is 8.23. The highest BCUT2D eigenvalue weighted by Gasteiger charge is 2.38. The van der Waals surface area contributed by atoms with Gasteiger partial charge in [0.15, 0.2) is 0 Å². The van der Waals surface area contributed by atoms with Crippen LogP contribution in [0.5, 0.6) is 0 Å². The van der Waals surface area contributed by atoms with E-state index in [1.807, 2.05) is 13.8 Å². The Morgan fingerprint density at radius 1 is 0.931 bits per heavy atom. The van der Waals surface area contributed by atoms with Gasteiger partial charge in [-0.15, -0.1) is 0 Å². The summed E-state index contributed by atoms with van der Waals surface area (Å²) >= 11 is 0. The van der Waals surface area contributed by atoms with Crippen molar-refractivity contribution in [2.75, 3.05) is 39.3 Å². The monoisotopic (exact) mass is 400 g/mol. The maximum Gasteiger partial charge on any atom is 0.320 e. The van der Waals surface area contributed by atoms with Crippen LogP contribution in [0, 0.1) is 0 Å². The molecule has 1 fully saturated rings. The third-order valence-corrected chi connectivity index (χ3v) is 5.55. The maximum atomic E-state index is 12.9. The molecule has 0 bridgehead atoms. The van der Waals surface area contributed by atoms with Crippen molar-refractivity contribution in [3.8, 4) is 0 Å². The van der Waals surface area contributed by atoms with Crippen LogP contribution in [0.25, 0.3) is 0 Å². The molecule has 8 nitrogen and oxygen atoms in total. The van der Waals surface area contributed by atoms with Gasteiger partial charge >= 0.3 is 6.03 Å². The molecule has 2 heterocycles. The Morgan fingerprint density at radius 3 is 2.03 bits per heavy atom. The Morgan fingerprint density at radius 2 is 1.48 bits per heavy atom. The van der Waals surface area contributed by atoms with E-state index in [4.69, 9.17) is 0 Å². The average molecular weight is 400 g/mol. The standard InChI is InChI=1S/C21H28N4O4/c1-5-22(6-2)21(29)24-11-9-23(10-12-24)18(26)15-7-8-16-17(13-15)20(28)25(14(3)4)19(16)27/h7-8,13-14H,5-6,9-12H2,1-4H3. The van der Waals surface area contributed by atoms with Gasteiger partial charge in [-0.2, -0.15) is 0 Å². The van der Waals surface area contributed by atoms with Gasteiger partial charge in [0.2, 0.25) is 0 Å². The molecule has 0 N–H and O–H groups in total. The number of carbonyl (C=O) groups excluding carboxylic acids is 4. The molecule has 0 unspecified atom stereocenters. The number of fused-ring (bicyclic) bond motifs is 1. The Kier molecular flexibility index (Phi) is 5.91. The molecule has 2 aliphatic heterocycles. The number of amides is 5. The summed E-state index contributed by atoms with van der Waals surface area (Å²) in [5.74, 6) is -0.863. The Bertz CT molecular complexity index is 839. The van der Waals surface area contributed by atoms with Gasteiger partial charge in [0, 0.05) is 50.9 Å². The highest BCUT2D eigenvalue weighted by Crippen LogP contribution is 2.26.